The summed E-state index contributed by atoms with van der Waals surface area (Å²) < 4.78 is 1.76. The molecule has 0 aliphatic heterocycles. The quantitative estimate of drug-likeness (QED) is 0.690. The summed E-state index contributed by atoms with van der Waals surface area (Å²) in [4.78, 5) is 26.7. The summed E-state index contributed by atoms with van der Waals surface area (Å²) in [5.74, 6) is -0.101. The number of rotatable bonds is 6. The highest BCUT2D eigenvalue weighted by Crippen LogP contribution is 2.15. The number of carbonyl (C=O) groups is 1. The Morgan fingerprint density at radius 1 is 1.29 bits per heavy atom. The monoisotopic (exact) mass is 375 g/mol. The fraction of sp³-hybridized carbons (Fsp3) is 0.238. The zero-order valence-corrected chi connectivity index (χ0v) is 15.8. The SMILES string of the molecule is Cc1[nH]c(=O)c(C#N)c(C)c1CCC(=O)NCc1cnn(-c2ccccc2)c1. The van der Waals surface area contributed by atoms with E-state index in [1.807, 2.05) is 42.6 Å². The van der Waals surface area contributed by atoms with Crippen molar-refractivity contribution in [2.24, 2.45) is 0 Å². The van der Waals surface area contributed by atoms with E-state index >= 15 is 0 Å². The number of para-hydroxylation sites is 1. The lowest BCUT2D eigenvalue weighted by molar-refractivity contribution is -0.121. The number of hydrogen-bond donors (Lipinski definition) is 2. The molecule has 142 valence electrons. The van der Waals surface area contributed by atoms with Crippen molar-refractivity contribution in [3.8, 4) is 11.8 Å². The number of pyridine rings is 1. The minimum Gasteiger partial charge on any atom is -0.352 e. The maximum absolute atomic E-state index is 12.2. The van der Waals surface area contributed by atoms with E-state index in [-0.39, 0.29) is 23.5 Å². The van der Waals surface area contributed by atoms with E-state index in [9.17, 15) is 9.59 Å². The fourth-order valence-corrected chi connectivity index (χ4v) is 3.12. The van der Waals surface area contributed by atoms with Gasteiger partial charge in [0.05, 0.1) is 11.9 Å². The molecule has 0 fully saturated rings. The molecule has 0 saturated carbocycles. The standard InChI is InChI=1S/C21H21N5O2/c1-14-18(15(2)25-21(28)19(14)10-22)8-9-20(27)23-11-16-12-24-26(13-16)17-6-4-3-5-7-17/h3-7,12-13H,8-9,11H2,1-2H3,(H,23,27)(H,25,28). The second kappa shape index (κ2) is 8.35. The zero-order chi connectivity index (χ0) is 20.1. The molecule has 7 heteroatoms. The summed E-state index contributed by atoms with van der Waals surface area (Å²) in [6.45, 7) is 3.91. The van der Waals surface area contributed by atoms with Gasteiger partial charge in [-0.25, -0.2) is 4.68 Å². The summed E-state index contributed by atoms with van der Waals surface area (Å²) in [7, 11) is 0. The maximum Gasteiger partial charge on any atom is 0.266 e. The molecule has 0 spiro atoms. The number of aromatic amines is 1. The zero-order valence-electron chi connectivity index (χ0n) is 15.8. The first kappa shape index (κ1) is 19.1. The molecule has 3 aromatic rings. The Balaban J connectivity index is 1.58. The van der Waals surface area contributed by atoms with Crippen molar-refractivity contribution in [1.82, 2.24) is 20.1 Å². The number of nitriles is 1. The number of nitrogens with zero attached hydrogens (tertiary/aromatic N) is 3. The minimum absolute atomic E-state index is 0.101. The average molecular weight is 375 g/mol. The first-order valence-corrected chi connectivity index (χ1v) is 8.97. The number of aryl methyl sites for hydroxylation is 1. The van der Waals surface area contributed by atoms with Crippen molar-refractivity contribution < 1.29 is 4.79 Å². The molecule has 0 atom stereocenters. The van der Waals surface area contributed by atoms with E-state index in [0.29, 0.717) is 24.2 Å². The summed E-state index contributed by atoms with van der Waals surface area (Å²) >= 11 is 0. The lowest BCUT2D eigenvalue weighted by Gasteiger charge is -2.10. The lowest BCUT2D eigenvalue weighted by Crippen LogP contribution is -2.24. The highest BCUT2D eigenvalue weighted by atomic mass is 16.1. The van der Waals surface area contributed by atoms with Crippen LogP contribution in [0, 0.1) is 25.2 Å². The molecule has 1 aromatic carbocycles. The molecule has 0 bridgehead atoms. The van der Waals surface area contributed by atoms with Gasteiger partial charge < -0.3 is 10.3 Å². The molecule has 3 rings (SSSR count). The summed E-state index contributed by atoms with van der Waals surface area (Å²) in [5, 5.41) is 16.3. The number of amides is 1. The van der Waals surface area contributed by atoms with Gasteiger partial charge in [0.15, 0.2) is 0 Å². The Bertz CT molecular complexity index is 1090. The molecule has 0 aliphatic carbocycles. The highest BCUT2D eigenvalue weighted by Gasteiger charge is 2.13. The van der Waals surface area contributed by atoms with E-state index in [2.05, 4.69) is 15.4 Å². The Kier molecular flexibility index (Phi) is 5.70. The summed E-state index contributed by atoms with van der Waals surface area (Å²) in [6.07, 6.45) is 4.33. The Hall–Kier alpha value is -3.66. The van der Waals surface area contributed by atoms with E-state index in [4.69, 9.17) is 5.26 Å². The number of carbonyl (C=O) groups excluding carboxylic acids is 1. The van der Waals surface area contributed by atoms with Crippen LogP contribution in [0.25, 0.3) is 5.69 Å². The molecule has 0 saturated heterocycles. The van der Waals surface area contributed by atoms with Crippen LogP contribution in [-0.2, 0) is 17.8 Å². The molecule has 0 aliphatic rings. The van der Waals surface area contributed by atoms with Crippen molar-refractivity contribution in [2.75, 3.05) is 0 Å². The number of H-pyrrole nitrogens is 1. The van der Waals surface area contributed by atoms with Gasteiger partial charge >= 0.3 is 0 Å². The van der Waals surface area contributed by atoms with Crippen molar-refractivity contribution in [3.05, 3.63) is 81.0 Å². The first-order chi connectivity index (χ1) is 13.5. The van der Waals surface area contributed by atoms with Gasteiger partial charge in [-0.2, -0.15) is 10.4 Å². The first-order valence-electron chi connectivity index (χ1n) is 8.97. The Morgan fingerprint density at radius 3 is 2.75 bits per heavy atom. The van der Waals surface area contributed by atoms with Crippen LogP contribution in [0.2, 0.25) is 0 Å². The van der Waals surface area contributed by atoms with Crippen LogP contribution >= 0.6 is 0 Å². The van der Waals surface area contributed by atoms with Gasteiger partial charge in [-0.05, 0) is 43.5 Å². The number of hydrogen-bond acceptors (Lipinski definition) is 4. The van der Waals surface area contributed by atoms with Gasteiger partial charge in [-0.15, -0.1) is 0 Å². The van der Waals surface area contributed by atoms with Crippen LogP contribution in [0.4, 0.5) is 0 Å². The van der Waals surface area contributed by atoms with Crippen LogP contribution in [-0.4, -0.2) is 20.7 Å². The van der Waals surface area contributed by atoms with Crippen molar-refractivity contribution in [2.45, 2.75) is 33.2 Å². The lowest BCUT2D eigenvalue weighted by atomic mass is 9.99. The average Bonchev–Trinajstić information content (AvgIpc) is 3.16. The predicted molar refractivity (Wildman–Crippen MR) is 105 cm³/mol. The molecule has 0 radical (unpaired) electrons. The maximum atomic E-state index is 12.2. The predicted octanol–water partition coefficient (Wildman–Crippen LogP) is 2.30. The largest absolute Gasteiger partial charge is 0.352 e. The van der Waals surface area contributed by atoms with Crippen molar-refractivity contribution in [3.63, 3.8) is 0 Å². The molecular formula is C21H21N5O2. The second-order valence-corrected chi connectivity index (χ2v) is 6.57. The third-order valence-corrected chi connectivity index (χ3v) is 4.67. The normalized spacial score (nSPS) is 10.5. The van der Waals surface area contributed by atoms with Crippen LogP contribution in [0.15, 0.2) is 47.5 Å². The third-order valence-electron chi connectivity index (χ3n) is 4.67. The smallest absolute Gasteiger partial charge is 0.266 e. The van der Waals surface area contributed by atoms with Crippen molar-refractivity contribution >= 4 is 5.91 Å². The Morgan fingerprint density at radius 2 is 2.04 bits per heavy atom. The van der Waals surface area contributed by atoms with Crippen LogP contribution in [0.3, 0.4) is 0 Å². The summed E-state index contributed by atoms with van der Waals surface area (Å²) in [5.41, 5.74) is 3.75. The third kappa shape index (κ3) is 4.18. The molecule has 2 N–H and O–H groups in total. The molecule has 2 heterocycles. The highest BCUT2D eigenvalue weighted by molar-refractivity contribution is 5.76. The van der Waals surface area contributed by atoms with E-state index < -0.39 is 0 Å². The number of nitrogens with one attached hydrogen (secondary N) is 2. The van der Waals surface area contributed by atoms with Crippen LogP contribution in [0.1, 0.15) is 34.4 Å². The second-order valence-electron chi connectivity index (χ2n) is 6.57. The minimum atomic E-state index is -0.388. The number of aromatic nitrogens is 3. The fourth-order valence-electron chi connectivity index (χ4n) is 3.12. The summed E-state index contributed by atoms with van der Waals surface area (Å²) in [6, 6.07) is 11.7. The van der Waals surface area contributed by atoms with E-state index in [0.717, 1.165) is 16.8 Å². The Labute approximate surface area is 162 Å². The molecule has 0 unspecified atom stereocenters. The van der Waals surface area contributed by atoms with Gasteiger partial charge in [0.25, 0.3) is 5.56 Å². The number of benzene rings is 1. The van der Waals surface area contributed by atoms with Gasteiger partial charge in [-0.1, -0.05) is 18.2 Å². The topological polar surface area (TPSA) is 104 Å². The molecule has 2 aromatic heterocycles. The van der Waals surface area contributed by atoms with Crippen molar-refractivity contribution in [1.29, 1.82) is 5.26 Å². The van der Waals surface area contributed by atoms with E-state index in [1.54, 1.807) is 24.7 Å². The van der Waals surface area contributed by atoms with Gasteiger partial charge in [0.2, 0.25) is 5.91 Å². The molecule has 1 amide bonds. The van der Waals surface area contributed by atoms with Gasteiger partial charge in [0, 0.05) is 30.4 Å². The molecule has 28 heavy (non-hydrogen) atoms. The van der Waals surface area contributed by atoms with E-state index in [1.165, 1.54) is 0 Å². The van der Waals surface area contributed by atoms with Crippen LogP contribution in [0.5, 0.6) is 0 Å². The molecular weight excluding hydrogens is 354 g/mol. The van der Waals surface area contributed by atoms with Gasteiger partial charge in [0.1, 0.15) is 11.6 Å². The van der Waals surface area contributed by atoms with Gasteiger partial charge in [-0.3, -0.25) is 9.59 Å². The molecule has 7 nitrogen and oxygen atoms in total. The van der Waals surface area contributed by atoms with Crippen LogP contribution < -0.4 is 10.9 Å².